The maximum Gasteiger partial charge on any atom is 0.573 e. The summed E-state index contributed by atoms with van der Waals surface area (Å²) >= 11 is 0. The van der Waals surface area contributed by atoms with Gasteiger partial charge in [-0.25, -0.2) is 4.98 Å². The SMILES string of the molecule is Cc1ccc2oc(-c3cccc(OS(=O)(=O)c4ccccc4OC(F)(F)F)c3)nc2c1. The molecule has 3 aromatic carbocycles. The van der Waals surface area contributed by atoms with E-state index in [0.717, 1.165) is 17.7 Å². The minimum atomic E-state index is -5.06. The fourth-order valence-corrected chi connectivity index (χ4v) is 3.93. The van der Waals surface area contributed by atoms with E-state index >= 15 is 0 Å². The van der Waals surface area contributed by atoms with Gasteiger partial charge in [0.05, 0.1) is 0 Å². The monoisotopic (exact) mass is 449 g/mol. The summed E-state index contributed by atoms with van der Waals surface area (Å²) in [5.74, 6) is -0.775. The highest BCUT2D eigenvalue weighted by Gasteiger charge is 2.34. The fourth-order valence-electron chi connectivity index (χ4n) is 2.88. The second kappa shape index (κ2) is 7.62. The molecular formula is C21H14F3NO5S. The van der Waals surface area contributed by atoms with Crippen LogP contribution in [0.15, 0.2) is 76.0 Å². The maximum absolute atomic E-state index is 12.6. The average molecular weight is 449 g/mol. The summed E-state index contributed by atoms with van der Waals surface area (Å²) < 4.78 is 77.7. The zero-order chi connectivity index (χ0) is 22.2. The predicted molar refractivity (Wildman–Crippen MR) is 105 cm³/mol. The van der Waals surface area contributed by atoms with Crippen molar-refractivity contribution < 1.29 is 34.9 Å². The van der Waals surface area contributed by atoms with E-state index in [9.17, 15) is 21.6 Å². The van der Waals surface area contributed by atoms with Crippen LogP contribution >= 0.6 is 0 Å². The highest BCUT2D eigenvalue weighted by molar-refractivity contribution is 7.87. The smallest absolute Gasteiger partial charge is 0.436 e. The predicted octanol–water partition coefficient (Wildman–Crippen LogP) is 5.47. The zero-order valence-corrected chi connectivity index (χ0v) is 16.7. The molecule has 31 heavy (non-hydrogen) atoms. The number of aryl methyl sites for hydroxylation is 1. The number of hydrogen-bond acceptors (Lipinski definition) is 6. The molecular weight excluding hydrogens is 435 g/mol. The molecule has 0 atom stereocenters. The van der Waals surface area contributed by atoms with Crippen molar-refractivity contribution in [2.75, 3.05) is 0 Å². The summed E-state index contributed by atoms with van der Waals surface area (Å²) in [4.78, 5) is 3.62. The van der Waals surface area contributed by atoms with E-state index in [1.165, 1.54) is 30.3 Å². The third-order valence-corrected chi connectivity index (χ3v) is 5.46. The standard InChI is InChI=1S/C21H14F3NO5S/c1-13-9-10-17-16(11-13)25-20(28-17)14-5-4-6-15(12-14)30-31(26,27)19-8-3-2-7-18(19)29-21(22,23)24/h2-12H,1H3. The number of halogens is 3. The van der Waals surface area contributed by atoms with Crippen LogP contribution in [0.1, 0.15) is 5.56 Å². The summed E-state index contributed by atoms with van der Waals surface area (Å²) in [6.45, 7) is 1.91. The molecule has 4 aromatic rings. The Balaban J connectivity index is 1.66. The molecule has 0 aliphatic rings. The molecule has 1 aromatic heterocycles. The van der Waals surface area contributed by atoms with Gasteiger partial charge in [-0.1, -0.05) is 24.3 Å². The number of ether oxygens (including phenoxy) is 1. The normalized spacial score (nSPS) is 12.1. The highest BCUT2D eigenvalue weighted by Crippen LogP contribution is 2.32. The molecule has 0 bridgehead atoms. The van der Waals surface area contributed by atoms with Crippen LogP contribution in [0.2, 0.25) is 0 Å². The highest BCUT2D eigenvalue weighted by atomic mass is 32.2. The summed E-state index contributed by atoms with van der Waals surface area (Å²) in [5.41, 5.74) is 2.61. The van der Waals surface area contributed by atoms with Gasteiger partial charge < -0.3 is 13.3 Å². The number of fused-ring (bicyclic) bond motifs is 1. The molecule has 4 rings (SSSR count). The quantitative estimate of drug-likeness (QED) is 0.376. The van der Waals surface area contributed by atoms with E-state index in [0.29, 0.717) is 16.7 Å². The summed E-state index contributed by atoms with van der Waals surface area (Å²) in [7, 11) is -4.62. The molecule has 0 fully saturated rings. The first-order valence-corrected chi connectivity index (χ1v) is 10.3. The topological polar surface area (TPSA) is 78.6 Å². The van der Waals surface area contributed by atoms with Crippen molar-refractivity contribution in [2.24, 2.45) is 0 Å². The van der Waals surface area contributed by atoms with Crippen molar-refractivity contribution >= 4 is 21.2 Å². The number of aromatic nitrogens is 1. The van der Waals surface area contributed by atoms with E-state index < -0.39 is 27.1 Å². The first-order chi connectivity index (χ1) is 14.6. The largest absolute Gasteiger partial charge is 0.573 e. The minimum absolute atomic E-state index is 0.127. The lowest BCUT2D eigenvalue weighted by atomic mass is 10.2. The molecule has 160 valence electrons. The van der Waals surface area contributed by atoms with Gasteiger partial charge in [0.2, 0.25) is 5.89 Å². The van der Waals surface area contributed by atoms with Crippen molar-refractivity contribution in [1.82, 2.24) is 4.98 Å². The van der Waals surface area contributed by atoms with Gasteiger partial charge in [-0.05, 0) is 55.0 Å². The molecule has 0 saturated carbocycles. The lowest BCUT2D eigenvalue weighted by Crippen LogP contribution is -2.20. The van der Waals surface area contributed by atoms with Crippen molar-refractivity contribution in [3.05, 3.63) is 72.3 Å². The third kappa shape index (κ3) is 4.64. The number of hydrogen-bond donors (Lipinski definition) is 0. The Kier molecular flexibility index (Phi) is 5.10. The molecule has 1 heterocycles. The molecule has 0 saturated heterocycles. The van der Waals surface area contributed by atoms with Gasteiger partial charge in [-0.15, -0.1) is 13.2 Å². The molecule has 10 heteroatoms. The lowest BCUT2D eigenvalue weighted by Gasteiger charge is -2.13. The maximum atomic E-state index is 12.6. The summed E-state index contributed by atoms with van der Waals surface area (Å²) in [5, 5.41) is 0. The summed E-state index contributed by atoms with van der Waals surface area (Å²) in [6.07, 6.45) is -5.06. The first kappa shape index (κ1) is 20.7. The molecule has 0 radical (unpaired) electrons. The van der Waals surface area contributed by atoms with E-state index in [2.05, 4.69) is 9.72 Å². The molecule has 0 spiro atoms. The molecule has 0 aliphatic heterocycles. The van der Waals surface area contributed by atoms with Crippen molar-refractivity contribution in [3.8, 4) is 23.0 Å². The van der Waals surface area contributed by atoms with Crippen LogP contribution in [0.4, 0.5) is 13.2 Å². The van der Waals surface area contributed by atoms with E-state index in [-0.39, 0.29) is 11.6 Å². The Hall–Kier alpha value is -3.53. The lowest BCUT2D eigenvalue weighted by molar-refractivity contribution is -0.275. The minimum Gasteiger partial charge on any atom is -0.436 e. The van der Waals surface area contributed by atoms with Crippen LogP contribution in [0, 0.1) is 6.92 Å². The van der Waals surface area contributed by atoms with Gasteiger partial charge in [0.1, 0.15) is 16.2 Å². The summed E-state index contributed by atoms with van der Waals surface area (Å²) in [6, 6.07) is 15.7. The van der Waals surface area contributed by atoms with Gasteiger partial charge in [0, 0.05) is 5.56 Å². The first-order valence-electron chi connectivity index (χ1n) is 8.88. The average Bonchev–Trinajstić information content (AvgIpc) is 3.10. The Labute approximate surface area is 175 Å². The zero-order valence-electron chi connectivity index (χ0n) is 15.9. The van der Waals surface area contributed by atoms with Crippen LogP contribution in [-0.2, 0) is 10.1 Å². The second-order valence-corrected chi connectivity index (χ2v) is 8.06. The van der Waals surface area contributed by atoms with Crippen LogP contribution in [0.3, 0.4) is 0 Å². The molecule has 0 aliphatic carbocycles. The number of para-hydroxylation sites is 1. The Morgan fingerprint density at radius 3 is 2.52 bits per heavy atom. The van der Waals surface area contributed by atoms with Gasteiger partial charge >= 0.3 is 16.5 Å². The molecule has 6 nitrogen and oxygen atoms in total. The number of rotatable bonds is 5. The molecule has 0 amide bonds. The molecule has 0 unspecified atom stereocenters. The van der Waals surface area contributed by atoms with Gasteiger partial charge in [-0.3, -0.25) is 0 Å². The Morgan fingerprint density at radius 1 is 0.968 bits per heavy atom. The van der Waals surface area contributed by atoms with Crippen LogP contribution in [-0.4, -0.2) is 19.8 Å². The third-order valence-electron chi connectivity index (χ3n) is 4.17. The Bertz CT molecular complexity index is 1360. The van der Waals surface area contributed by atoms with E-state index in [1.54, 1.807) is 12.1 Å². The van der Waals surface area contributed by atoms with Crippen molar-refractivity contribution in [2.45, 2.75) is 18.2 Å². The van der Waals surface area contributed by atoms with Crippen LogP contribution in [0.25, 0.3) is 22.6 Å². The number of alkyl halides is 3. The van der Waals surface area contributed by atoms with Crippen molar-refractivity contribution in [3.63, 3.8) is 0 Å². The van der Waals surface area contributed by atoms with Gasteiger partial charge in [-0.2, -0.15) is 8.42 Å². The van der Waals surface area contributed by atoms with Gasteiger partial charge in [0.25, 0.3) is 0 Å². The van der Waals surface area contributed by atoms with E-state index in [4.69, 9.17) is 8.60 Å². The molecule has 0 N–H and O–H groups in total. The number of oxazole rings is 1. The van der Waals surface area contributed by atoms with Crippen molar-refractivity contribution in [1.29, 1.82) is 0 Å². The second-order valence-electron chi connectivity index (χ2n) is 6.55. The van der Waals surface area contributed by atoms with Gasteiger partial charge in [0.15, 0.2) is 11.3 Å². The van der Waals surface area contributed by atoms with Crippen LogP contribution in [0.5, 0.6) is 11.5 Å². The van der Waals surface area contributed by atoms with E-state index in [1.807, 2.05) is 19.1 Å². The van der Waals surface area contributed by atoms with Crippen LogP contribution < -0.4 is 8.92 Å². The number of benzene rings is 3. The Morgan fingerprint density at radius 2 is 1.74 bits per heavy atom. The fraction of sp³-hybridized carbons (Fsp3) is 0.0952. The number of nitrogens with zero attached hydrogens (tertiary/aromatic N) is 1.